The summed E-state index contributed by atoms with van der Waals surface area (Å²) in [6.07, 6.45) is 0. The van der Waals surface area contributed by atoms with E-state index in [1.165, 1.54) is 30.3 Å². The Hall–Kier alpha value is -3.31. The second kappa shape index (κ2) is 8.67. The molecule has 0 bridgehead atoms. The van der Waals surface area contributed by atoms with Gasteiger partial charge >= 0.3 is 5.51 Å². The average Bonchev–Trinajstić information content (AvgIpc) is 2.75. The quantitative estimate of drug-likeness (QED) is 0.343. The molecule has 0 saturated carbocycles. The van der Waals surface area contributed by atoms with Crippen LogP contribution in [0.2, 0.25) is 0 Å². The van der Waals surface area contributed by atoms with Gasteiger partial charge in [-0.05, 0) is 48.2 Å². The molecule has 4 rings (SSSR count). The number of nitrogens with one attached hydrogen (secondary N) is 2. The maximum absolute atomic E-state index is 13.0. The zero-order chi connectivity index (χ0) is 22.8. The molecule has 1 aromatic heterocycles. The van der Waals surface area contributed by atoms with Crippen molar-refractivity contribution >= 4 is 50.1 Å². The van der Waals surface area contributed by atoms with Crippen molar-refractivity contribution in [3.63, 3.8) is 0 Å². The van der Waals surface area contributed by atoms with Crippen LogP contribution in [0.1, 0.15) is 0 Å². The lowest BCUT2D eigenvalue weighted by atomic mass is 10.3. The number of alkyl halides is 3. The lowest BCUT2D eigenvalue weighted by Crippen LogP contribution is -2.16. The lowest BCUT2D eigenvalue weighted by Gasteiger charge is -2.16. The first kappa shape index (κ1) is 21.9. The maximum atomic E-state index is 13.0. The molecule has 0 aliphatic carbocycles. The first-order chi connectivity index (χ1) is 15.2. The van der Waals surface area contributed by atoms with Crippen LogP contribution in [-0.4, -0.2) is 23.9 Å². The van der Waals surface area contributed by atoms with Gasteiger partial charge in [0.2, 0.25) is 0 Å². The van der Waals surface area contributed by atoms with E-state index in [4.69, 9.17) is 0 Å². The molecular weight excluding hydrogens is 461 g/mol. The van der Waals surface area contributed by atoms with Gasteiger partial charge in [-0.15, -0.1) is 0 Å². The summed E-state index contributed by atoms with van der Waals surface area (Å²) in [5.41, 5.74) is -3.52. The van der Waals surface area contributed by atoms with Gasteiger partial charge in [-0.25, -0.2) is 18.4 Å². The minimum Gasteiger partial charge on any atom is -0.336 e. The number of anilines is 3. The van der Waals surface area contributed by atoms with Gasteiger partial charge in [0.05, 0.1) is 21.6 Å². The topological polar surface area (TPSA) is 84.0 Å². The van der Waals surface area contributed by atoms with E-state index in [0.29, 0.717) is 11.0 Å². The van der Waals surface area contributed by atoms with Crippen molar-refractivity contribution in [3.05, 3.63) is 78.9 Å². The Morgan fingerprint density at radius 2 is 1.31 bits per heavy atom. The third-order valence-corrected chi connectivity index (χ3v) is 6.38. The molecular formula is C21H15F3N4O2S2. The largest absolute Gasteiger partial charge is 0.446 e. The van der Waals surface area contributed by atoms with Crippen molar-refractivity contribution in [1.82, 2.24) is 9.97 Å². The summed E-state index contributed by atoms with van der Waals surface area (Å²) >= 11 is -0.283. The van der Waals surface area contributed by atoms with Crippen LogP contribution in [0, 0.1) is 0 Å². The zero-order valence-electron chi connectivity index (χ0n) is 16.2. The van der Waals surface area contributed by atoms with E-state index in [2.05, 4.69) is 20.0 Å². The monoisotopic (exact) mass is 476 g/mol. The molecule has 0 radical (unpaired) electrons. The van der Waals surface area contributed by atoms with E-state index in [0.717, 1.165) is 0 Å². The van der Waals surface area contributed by atoms with Gasteiger partial charge in [0.1, 0.15) is 0 Å². The number of sulfonamides is 1. The molecule has 0 atom stereocenters. The number of aromatic nitrogens is 2. The van der Waals surface area contributed by atoms with Gasteiger partial charge in [0, 0.05) is 4.90 Å². The van der Waals surface area contributed by atoms with Crippen molar-refractivity contribution in [3.8, 4) is 0 Å². The fourth-order valence-corrected chi connectivity index (χ4v) is 4.51. The SMILES string of the molecule is O=S(=O)(Nc1nc2ccccc2nc1Nc1ccccc1SC(F)(F)F)c1ccccc1. The molecule has 0 amide bonds. The number of hydrogen-bond acceptors (Lipinski definition) is 6. The predicted octanol–water partition coefficient (Wildman–Crippen LogP) is 5.79. The van der Waals surface area contributed by atoms with Crippen molar-refractivity contribution < 1.29 is 21.6 Å². The van der Waals surface area contributed by atoms with Crippen LogP contribution in [-0.2, 0) is 10.0 Å². The minimum atomic E-state index is -4.50. The number of nitrogens with zero attached hydrogens (tertiary/aromatic N) is 2. The molecule has 0 aliphatic heterocycles. The molecule has 4 aromatic rings. The predicted molar refractivity (Wildman–Crippen MR) is 118 cm³/mol. The van der Waals surface area contributed by atoms with Crippen molar-refractivity contribution in [2.75, 3.05) is 10.0 Å². The smallest absolute Gasteiger partial charge is 0.336 e. The Kier molecular flexibility index (Phi) is 5.94. The third-order valence-electron chi connectivity index (χ3n) is 4.22. The van der Waals surface area contributed by atoms with Crippen LogP contribution >= 0.6 is 11.8 Å². The Labute approximate surface area is 186 Å². The van der Waals surface area contributed by atoms with Gasteiger partial charge in [0.25, 0.3) is 10.0 Å². The average molecular weight is 477 g/mol. The summed E-state index contributed by atoms with van der Waals surface area (Å²) in [4.78, 5) is 8.65. The number of halogens is 3. The van der Waals surface area contributed by atoms with E-state index in [-0.39, 0.29) is 38.9 Å². The Morgan fingerprint density at radius 3 is 1.97 bits per heavy atom. The lowest BCUT2D eigenvalue weighted by molar-refractivity contribution is -0.0327. The van der Waals surface area contributed by atoms with Crippen LogP contribution in [0.25, 0.3) is 11.0 Å². The Balaban J connectivity index is 1.78. The van der Waals surface area contributed by atoms with Gasteiger partial charge in [-0.3, -0.25) is 4.72 Å². The summed E-state index contributed by atoms with van der Waals surface area (Å²) in [7, 11) is -4.01. The van der Waals surface area contributed by atoms with Crippen LogP contribution in [0.3, 0.4) is 0 Å². The number of hydrogen-bond donors (Lipinski definition) is 2. The van der Waals surface area contributed by atoms with E-state index in [1.54, 1.807) is 48.5 Å². The summed E-state index contributed by atoms with van der Waals surface area (Å²) in [5, 5.41) is 2.81. The number of benzene rings is 3. The van der Waals surface area contributed by atoms with E-state index in [9.17, 15) is 21.6 Å². The number of rotatable bonds is 6. The highest BCUT2D eigenvalue weighted by Crippen LogP contribution is 2.41. The number of thioether (sulfide) groups is 1. The number of fused-ring (bicyclic) bond motifs is 1. The van der Waals surface area contributed by atoms with E-state index >= 15 is 0 Å². The molecule has 0 aliphatic rings. The first-order valence-electron chi connectivity index (χ1n) is 9.18. The van der Waals surface area contributed by atoms with Crippen molar-refractivity contribution in [1.29, 1.82) is 0 Å². The summed E-state index contributed by atoms with van der Waals surface area (Å²) < 4.78 is 67.0. The molecule has 0 fully saturated rings. The third kappa shape index (κ3) is 5.11. The molecule has 0 spiro atoms. The molecule has 11 heteroatoms. The molecule has 0 unspecified atom stereocenters. The fourth-order valence-electron chi connectivity index (χ4n) is 2.86. The van der Waals surface area contributed by atoms with Gasteiger partial charge in [-0.2, -0.15) is 13.2 Å². The number of para-hydroxylation sites is 3. The van der Waals surface area contributed by atoms with Crippen molar-refractivity contribution in [2.45, 2.75) is 15.3 Å². The summed E-state index contributed by atoms with van der Waals surface area (Å²) in [5.74, 6) is -0.169. The van der Waals surface area contributed by atoms with Crippen LogP contribution < -0.4 is 10.0 Å². The molecule has 2 N–H and O–H groups in total. The van der Waals surface area contributed by atoms with Gasteiger partial charge < -0.3 is 5.32 Å². The highest BCUT2D eigenvalue weighted by Gasteiger charge is 2.30. The molecule has 6 nitrogen and oxygen atoms in total. The molecule has 0 saturated heterocycles. The van der Waals surface area contributed by atoms with Gasteiger partial charge in [0.15, 0.2) is 11.6 Å². The van der Waals surface area contributed by atoms with Crippen LogP contribution in [0.15, 0.2) is 88.7 Å². The molecule has 3 aromatic carbocycles. The first-order valence-corrected chi connectivity index (χ1v) is 11.5. The standard InChI is InChI=1S/C21H15F3N4O2S2/c22-21(23,24)31-18-13-7-6-12-17(18)27-19-20(26-16-11-5-4-10-15(16)25-19)28-32(29,30)14-8-2-1-3-9-14/h1-13H,(H,25,27)(H,26,28). The zero-order valence-corrected chi connectivity index (χ0v) is 17.8. The van der Waals surface area contributed by atoms with Crippen molar-refractivity contribution in [2.24, 2.45) is 0 Å². The normalized spacial score (nSPS) is 12.0. The fraction of sp³-hybridized carbons (Fsp3) is 0.0476. The molecule has 164 valence electrons. The van der Waals surface area contributed by atoms with E-state index < -0.39 is 15.5 Å². The van der Waals surface area contributed by atoms with Crippen LogP contribution in [0.5, 0.6) is 0 Å². The van der Waals surface area contributed by atoms with Gasteiger partial charge in [-0.1, -0.05) is 42.5 Å². The molecule has 1 heterocycles. The second-order valence-corrected chi connectivity index (χ2v) is 9.29. The summed E-state index contributed by atoms with van der Waals surface area (Å²) in [6, 6.07) is 20.2. The Bertz CT molecular complexity index is 1360. The minimum absolute atomic E-state index is 0.00827. The van der Waals surface area contributed by atoms with Crippen LogP contribution in [0.4, 0.5) is 30.5 Å². The highest BCUT2D eigenvalue weighted by molar-refractivity contribution is 8.00. The summed E-state index contributed by atoms with van der Waals surface area (Å²) in [6.45, 7) is 0. The highest BCUT2D eigenvalue weighted by atomic mass is 32.2. The van der Waals surface area contributed by atoms with E-state index in [1.807, 2.05) is 0 Å². The second-order valence-electron chi connectivity index (χ2n) is 6.50. The molecule has 32 heavy (non-hydrogen) atoms. The Morgan fingerprint density at radius 1 is 0.750 bits per heavy atom. The maximum Gasteiger partial charge on any atom is 0.446 e.